The van der Waals surface area contributed by atoms with Crippen molar-refractivity contribution in [2.75, 3.05) is 26.7 Å². The molecule has 0 aromatic heterocycles. The highest BCUT2D eigenvalue weighted by Crippen LogP contribution is 2.22. The van der Waals surface area contributed by atoms with Crippen LogP contribution in [0, 0.1) is 6.92 Å². The average Bonchev–Trinajstić information content (AvgIpc) is 2.92. The second-order valence-electron chi connectivity index (χ2n) is 6.49. The molecule has 6 heteroatoms. The Labute approximate surface area is 158 Å². The highest BCUT2D eigenvalue weighted by Gasteiger charge is 2.35. The predicted molar refractivity (Wildman–Crippen MR) is 101 cm³/mol. The molecule has 3 rings (SSSR count). The number of amides is 3. The fraction of sp³-hybridized carbons (Fsp3) is 0.286. The Morgan fingerprint density at radius 2 is 1.59 bits per heavy atom. The van der Waals surface area contributed by atoms with E-state index < -0.39 is 0 Å². The number of nitrogens with zero attached hydrogens (tertiary/aromatic N) is 2. The minimum atomic E-state index is -0.339. The molecular weight excluding hydrogens is 344 g/mol. The third-order valence-corrected chi connectivity index (χ3v) is 4.63. The van der Waals surface area contributed by atoms with E-state index in [0.717, 1.165) is 16.2 Å². The zero-order valence-electron chi connectivity index (χ0n) is 15.5. The van der Waals surface area contributed by atoms with Gasteiger partial charge in [0.05, 0.1) is 17.7 Å². The number of benzene rings is 2. The van der Waals surface area contributed by atoms with Gasteiger partial charge in [-0.15, -0.1) is 0 Å². The van der Waals surface area contributed by atoms with Crippen molar-refractivity contribution in [3.63, 3.8) is 0 Å². The quantitative estimate of drug-likeness (QED) is 0.706. The molecule has 1 aliphatic heterocycles. The van der Waals surface area contributed by atoms with Gasteiger partial charge in [0.25, 0.3) is 11.8 Å². The van der Waals surface area contributed by atoms with Gasteiger partial charge >= 0.3 is 0 Å². The SMILES string of the molecule is Cc1ccccc1OCCN(C)C(=O)CCN1C(=O)c2ccccc2C1=O. The summed E-state index contributed by atoms with van der Waals surface area (Å²) in [7, 11) is 1.69. The Morgan fingerprint density at radius 1 is 1.00 bits per heavy atom. The largest absolute Gasteiger partial charge is 0.491 e. The molecule has 1 heterocycles. The van der Waals surface area contributed by atoms with Gasteiger partial charge < -0.3 is 9.64 Å². The molecule has 0 radical (unpaired) electrons. The Bertz CT molecular complexity index is 843. The zero-order chi connectivity index (χ0) is 19.4. The van der Waals surface area contributed by atoms with Crippen molar-refractivity contribution < 1.29 is 19.1 Å². The minimum Gasteiger partial charge on any atom is -0.491 e. The number of hydrogen-bond acceptors (Lipinski definition) is 4. The molecule has 1 aliphatic rings. The van der Waals surface area contributed by atoms with E-state index in [2.05, 4.69) is 0 Å². The van der Waals surface area contributed by atoms with Gasteiger partial charge in [-0.05, 0) is 30.7 Å². The molecule has 0 bridgehead atoms. The summed E-state index contributed by atoms with van der Waals surface area (Å²) in [6.45, 7) is 2.84. The first kappa shape index (κ1) is 18.6. The summed E-state index contributed by atoms with van der Waals surface area (Å²) >= 11 is 0. The van der Waals surface area contributed by atoms with Crippen LogP contribution in [0.3, 0.4) is 0 Å². The molecule has 0 saturated heterocycles. The number of para-hydroxylation sites is 1. The van der Waals surface area contributed by atoms with Crippen molar-refractivity contribution in [2.45, 2.75) is 13.3 Å². The average molecular weight is 366 g/mol. The van der Waals surface area contributed by atoms with Gasteiger partial charge in [-0.1, -0.05) is 30.3 Å². The first-order valence-electron chi connectivity index (χ1n) is 8.86. The molecule has 3 amide bonds. The number of carbonyl (C=O) groups is 3. The molecule has 0 N–H and O–H groups in total. The van der Waals surface area contributed by atoms with Crippen LogP contribution in [0.5, 0.6) is 5.75 Å². The lowest BCUT2D eigenvalue weighted by Crippen LogP contribution is -2.36. The van der Waals surface area contributed by atoms with Crippen molar-refractivity contribution in [1.82, 2.24) is 9.80 Å². The maximum atomic E-state index is 12.3. The van der Waals surface area contributed by atoms with Crippen molar-refractivity contribution in [3.8, 4) is 5.75 Å². The lowest BCUT2D eigenvalue weighted by Gasteiger charge is -2.20. The molecule has 6 nitrogen and oxygen atoms in total. The van der Waals surface area contributed by atoms with Crippen LogP contribution in [0.4, 0.5) is 0 Å². The first-order valence-corrected chi connectivity index (χ1v) is 8.86. The number of ether oxygens (including phenoxy) is 1. The molecule has 0 unspecified atom stereocenters. The molecule has 0 atom stereocenters. The van der Waals surface area contributed by atoms with Gasteiger partial charge in [0.1, 0.15) is 12.4 Å². The highest BCUT2D eigenvalue weighted by atomic mass is 16.5. The van der Waals surface area contributed by atoms with Gasteiger partial charge in [0, 0.05) is 20.0 Å². The maximum Gasteiger partial charge on any atom is 0.261 e. The Morgan fingerprint density at radius 3 is 2.22 bits per heavy atom. The van der Waals surface area contributed by atoms with Gasteiger partial charge in [0.2, 0.25) is 5.91 Å². The van der Waals surface area contributed by atoms with Crippen molar-refractivity contribution in [2.24, 2.45) is 0 Å². The molecule has 27 heavy (non-hydrogen) atoms. The molecular formula is C21H22N2O4. The van der Waals surface area contributed by atoms with Gasteiger partial charge in [0.15, 0.2) is 0 Å². The van der Waals surface area contributed by atoms with Crippen LogP contribution in [-0.2, 0) is 4.79 Å². The van der Waals surface area contributed by atoms with Gasteiger partial charge in [-0.25, -0.2) is 0 Å². The molecule has 140 valence electrons. The number of aryl methyl sites for hydroxylation is 1. The number of carbonyl (C=O) groups excluding carboxylic acids is 3. The fourth-order valence-corrected chi connectivity index (χ4v) is 2.98. The first-order chi connectivity index (χ1) is 13.0. The standard InChI is InChI=1S/C21H22N2O4/c1-15-7-3-6-10-18(15)27-14-13-22(2)19(24)11-12-23-20(25)16-8-4-5-9-17(16)21(23)26/h3-10H,11-14H2,1-2H3. The molecule has 0 aliphatic carbocycles. The van der Waals surface area contributed by atoms with Crippen LogP contribution in [0.1, 0.15) is 32.7 Å². The van der Waals surface area contributed by atoms with E-state index in [9.17, 15) is 14.4 Å². The highest BCUT2D eigenvalue weighted by molar-refractivity contribution is 6.21. The molecule has 0 spiro atoms. The van der Waals surface area contributed by atoms with E-state index in [0.29, 0.717) is 24.3 Å². The lowest BCUT2D eigenvalue weighted by molar-refractivity contribution is -0.130. The summed E-state index contributed by atoms with van der Waals surface area (Å²) in [4.78, 5) is 39.6. The van der Waals surface area contributed by atoms with E-state index in [4.69, 9.17) is 4.74 Å². The van der Waals surface area contributed by atoms with Crippen LogP contribution in [0.15, 0.2) is 48.5 Å². The minimum absolute atomic E-state index is 0.0776. The van der Waals surface area contributed by atoms with E-state index in [1.165, 1.54) is 0 Å². The van der Waals surface area contributed by atoms with E-state index in [-0.39, 0.29) is 30.7 Å². The van der Waals surface area contributed by atoms with E-state index >= 15 is 0 Å². The Hall–Kier alpha value is -3.15. The summed E-state index contributed by atoms with van der Waals surface area (Å²) in [6.07, 6.45) is 0.0896. The summed E-state index contributed by atoms with van der Waals surface area (Å²) in [6, 6.07) is 14.4. The Kier molecular flexibility index (Phi) is 5.54. The number of likely N-dealkylation sites (N-methyl/N-ethyl adjacent to an activating group) is 1. The number of imide groups is 1. The second kappa shape index (κ2) is 8.03. The predicted octanol–water partition coefficient (Wildman–Crippen LogP) is 2.52. The van der Waals surface area contributed by atoms with Crippen molar-refractivity contribution in [1.29, 1.82) is 0 Å². The number of rotatable bonds is 7. The third kappa shape index (κ3) is 4.00. The van der Waals surface area contributed by atoms with Crippen LogP contribution >= 0.6 is 0 Å². The van der Waals surface area contributed by atoms with E-state index in [1.54, 1.807) is 36.2 Å². The molecule has 2 aromatic carbocycles. The number of fused-ring (bicyclic) bond motifs is 1. The molecule has 0 saturated carbocycles. The molecule has 0 fully saturated rings. The summed E-state index contributed by atoms with van der Waals surface area (Å²) < 4.78 is 5.70. The number of hydrogen-bond donors (Lipinski definition) is 0. The summed E-state index contributed by atoms with van der Waals surface area (Å²) in [5, 5.41) is 0. The van der Waals surface area contributed by atoms with Crippen LogP contribution in [0.2, 0.25) is 0 Å². The van der Waals surface area contributed by atoms with Crippen molar-refractivity contribution >= 4 is 17.7 Å². The van der Waals surface area contributed by atoms with Gasteiger partial charge in [-0.2, -0.15) is 0 Å². The van der Waals surface area contributed by atoms with Gasteiger partial charge in [-0.3, -0.25) is 19.3 Å². The normalized spacial score (nSPS) is 12.9. The smallest absolute Gasteiger partial charge is 0.261 e. The Balaban J connectivity index is 1.47. The van der Waals surface area contributed by atoms with Crippen LogP contribution in [-0.4, -0.2) is 54.3 Å². The topological polar surface area (TPSA) is 66.9 Å². The summed E-state index contributed by atoms with van der Waals surface area (Å²) in [5.41, 5.74) is 1.84. The van der Waals surface area contributed by atoms with Crippen LogP contribution < -0.4 is 4.74 Å². The lowest BCUT2D eigenvalue weighted by atomic mass is 10.1. The second-order valence-corrected chi connectivity index (χ2v) is 6.49. The maximum absolute atomic E-state index is 12.3. The van der Waals surface area contributed by atoms with Crippen LogP contribution in [0.25, 0.3) is 0 Å². The zero-order valence-corrected chi connectivity index (χ0v) is 15.5. The molecule has 2 aromatic rings. The van der Waals surface area contributed by atoms with Crippen molar-refractivity contribution in [3.05, 3.63) is 65.2 Å². The third-order valence-electron chi connectivity index (χ3n) is 4.63. The fourth-order valence-electron chi connectivity index (χ4n) is 2.98. The van der Waals surface area contributed by atoms with E-state index in [1.807, 2.05) is 31.2 Å². The monoisotopic (exact) mass is 366 g/mol. The summed E-state index contributed by atoms with van der Waals surface area (Å²) in [5.74, 6) is -0.0211.